The molecule has 1 atom stereocenters. The third-order valence-corrected chi connectivity index (χ3v) is 3.07. The van der Waals surface area contributed by atoms with E-state index in [1.54, 1.807) is 6.92 Å². The van der Waals surface area contributed by atoms with Gasteiger partial charge in [-0.25, -0.2) is 13.1 Å². The van der Waals surface area contributed by atoms with Crippen molar-refractivity contribution in [1.29, 1.82) is 0 Å². The summed E-state index contributed by atoms with van der Waals surface area (Å²) in [6.07, 6.45) is -0.644. The van der Waals surface area contributed by atoms with Crippen LogP contribution in [-0.2, 0) is 10.0 Å². The van der Waals surface area contributed by atoms with E-state index in [1.165, 1.54) is 0 Å². The van der Waals surface area contributed by atoms with E-state index in [0.717, 1.165) is 0 Å². The third kappa shape index (κ3) is 8.21. The molecule has 0 aromatic carbocycles. The lowest BCUT2D eigenvalue weighted by molar-refractivity contribution is 0.198. The van der Waals surface area contributed by atoms with Crippen LogP contribution in [0.1, 0.15) is 27.7 Å². The first kappa shape index (κ1) is 12.9. The molecule has 5 heteroatoms. The molecule has 0 radical (unpaired) electrons. The van der Waals surface area contributed by atoms with Gasteiger partial charge in [-0.3, -0.25) is 0 Å². The first-order chi connectivity index (χ1) is 5.62. The van der Waals surface area contributed by atoms with E-state index < -0.39 is 16.1 Å². The fourth-order valence-corrected chi connectivity index (χ4v) is 2.61. The van der Waals surface area contributed by atoms with Crippen molar-refractivity contribution in [3.05, 3.63) is 0 Å². The fourth-order valence-electron chi connectivity index (χ4n) is 0.869. The van der Waals surface area contributed by atoms with Gasteiger partial charge in [0.05, 0.1) is 11.9 Å². The Morgan fingerprint density at radius 2 is 1.85 bits per heavy atom. The largest absolute Gasteiger partial charge is 0.392 e. The van der Waals surface area contributed by atoms with Crippen LogP contribution in [0.15, 0.2) is 0 Å². The van der Waals surface area contributed by atoms with Gasteiger partial charge in [0, 0.05) is 6.54 Å². The lowest BCUT2D eigenvalue weighted by Crippen LogP contribution is -2.36. The fraction of sp³-hybridized carbons (Fsp3) is 1.00. The highest BCUT2D eigenvalue weighted by molar-refractivity contribution is 7.89. The topological polar surface area (TPSA) is 66.4 Å². The minimum absolute atomic E-state index is 0.0761. The summed E-state index contributed by atoms with van der Waals surface area (Å²) >= 11 is 0. The molecule has 0 aromatic heterocycles. The molecule has 0 unspecified atom stereocenters. The van der Waals surface area contributed by atoms with E-state index in [1.807, 2.05) is 20.8 Å². The number of nitrogens with one attached hydrogen (secondary N) is 1. The number of rotatable bonds is 4. The van der Waals surface area contributed by atoms with Gasteiger partial charge in [-0.15, -0.1) is 0 Å². The summed E-state index contributed by atoms with van der Waals surface area (Å²) in [7, 11) is -3.24. The summed E-state index contributed by atoms with van der Waals surface area (Å²) in [6, 6.07) is 0. The van der Waals surface area contributed by atoms with Gasteiger partial charge >= 0.3 is 0 Å². The van der Waals surface area contributed by atoms with Crippen molar-refractivity contribution in [3.8, 4) is 0 Å². The van der Waals surface area contributed by atoms with E-state index in [2.05, 4.69) is 4.72 Å². The Labute approximate surface area is 80.4 Å². The van der Waals surface area contributed by atoms with E-state index in [0.29, 0.717) is 0 Å². The highest BCUT2D eigenvalue weighted by Gasteiger charge is 2.21. The normalized spacial score (nSPS) is 15.8. The molecule has 0 aliphatic carbocycles. The number of hydrogen-bond acceptors (Lipinski definition) is 3. The quantitative estimate of drug-likeness (QED) is 0.701. The highest BCUT2D eigenvalue weighted by Crippen LogP contribution is 2.14. The maximum atomic E-state index is 11.3. The molecule has 0 amide bonds. The van der Waals surface area contributed by atoms with Gasteiger partial charge in [-0.1, -0.05) is 20.8 Å². The van der Waals surface area contributed by atoms with E-state index in [9.17, 15) is 8.42 Å². The Morgan fingerprint density at radius 3 is 2.15 bits per heavy atom. The Morgan fingerprint density at radius 1 is 1.38 bits per heavy atom. The van der Waals surface area contributed by atoms with Crippen molar-refractivity contribution < 1.29 is 13.5 Å². The Hall–Kier alpha value is -0.130. The lowest BCUT2D eigenvalue weighted by Gasteiger charge is -2.18. The molecule has 80 valence electrons. The summed E-state index contributed by atoms with van der Waals surface area (Å²) in [4.78, 5) is 0. The van der Waals surface area contributed by atoms with Crippen molar-refractivity contribution in [2.75, 3.05) is 12.3 Å². The smallest absolute Gasteiger partial charge is 0.212 e. The second kappa shape index (κ2) is 4.39. The molecule has 0 saturated carbocycles. The second-order valence-electron chi connectivity index (χ2n) is 4.52. The average Bonchev–Trinajstić information content (AvgIpc) is 1.78. The summed E-state index contributed by atoms with van der Waals surface area (Å²) in [5, 5.41) is 8.89. The highest BCUT2D eigenvalue weighted by atomic mass is 32.2. The van der Waals surface area contributed by atoms with E-state index in [4.69, 9.17) is 5.11 Å². The number of hydrogen-bond donors (Lipinski definition) is 2. The number of aliphatic hydroxyl groups excluding tert-OH is 1. The van der Waals surface area contributed by atoms with Gasteiger partial charge in [0.25, 0.3) is 0 Å². The first-order valence-electron chi connectivity index (χ1n) is 4.28. The SMILES string of the molecule is C[C@H](O)CNS(=O)(=O)CC(C)(C)C. The van der Waals surface area contributed by atoms with Gasteiger partial charge in [-0.2, -0.15) is 0 Å². The summed E-state index contributed by atoms with van der Waals surface area (Å²) < 4.78 is 25.0. The Balaban J connectivity index is 4.11. The zero-order chi connectivity index (χ0) is 10.7. The van der Waals surface area contributed by atoms with E-state index >= 15 is 0 Å². The molecule has 2 N–H and O–H groups in total. The van der Waals surface area contributed by atoms with Crippen LogP contribution in [0, 0.1) is 5.41 Å². The van der Waals surface area contributed by atoms with Crippen LogP contribution < -0.4 is 4.72 Å². The molecule has 0 fully saturated rings. The van der Waals surface area contributed by atoms with E-state index in [-0.39, 0.29) is 17.7 Å². The lowest BCUT2D eigenvalue weighted by atomic mass is 10.0. The van der Waals surface area contributed by atoms with Gasteiger partial charge in [0.2, 0.25) is 10.0 Å². The van der Waals surface area contributed by atoms with Crippen molar-refractivity contribution in [3.63, 3.8) is 0 Å². The summed E-state index contributed by atoms with van der Waals surface area (Å²) in [5.74, 6) is 0.0761. The Kier molecular flexibility index (Phi) is 4.35. The van der Waals surface area contributed by atoms with Crippen LogP contribution in [0.3, 0.4) is 0 Å². The predicted molar refractivity (Wildman–Crippen MR) is 52.9 cm³/mol. The minimum atomic E-state index is -3.24. The molecule has 0 aliphatic heterocycles. The molecule has 0 saturated heterocycles. The van der Waals surface area contributed by atoms with Crippen molar-refractivity contribution in [2.24, 2.45) is 5.41 Å². The van der Waals surface area contributed by atoms with Crippen LogP contribution in [0.2, 0.25) is 0 Å². The zero-order valence-corrected chi connectivity index (χ0v) is 9.48. The standard InChI is InChI=1S/C8H19NO3S/c1-7(10)5-9-13(11,12)6-8(2,3)4/h7,9-10H,5-6H2,1-4H3/t7-/m0/s1. The van der Waals surface area contributed by atoms with Gasteiger partial charge < -0.3 is 5.11 Å². The molecule has 4 nitrogen and oxygen atoms in total. The summed E-state index contributed by atoms with van der Waals surface area (Å²) in [5.41, 5.74) is -0.259. The molecule has 0 bridgehead atoms. The number of sulfonamides is 1. The van der Waals surface area contributed by atoms with Crippen LogP contribution in [0.4, 0.5) is 0 Å². The van der Waals surface area contributed by atoms with Crippen LogP contribution >= 0.6 is 0 Å². The zero-order valence-electron chi connectivity index (χ0n) is 8.66. The second-order valence-corrected chi connectivity index (χ2v) is 6.32. The third-order valence-electron chi connectivity index (χ3n) is 1.22. The van der Waals surface area contributed by atoms with Crippen molar-refractivity contribution in [1.82, 2.24) is 4.72 Å². The van der Waals surface area contributed by atoms with Gasteiger partial charge in [0.1, 0.15) is 0 Å². The molecule has 13 heavy (non-hydrogen) atoms. The number of aliphatic hydroxyl groups is 1. The molecular weight excluding hydrogens is 190 g/mol. The Bertz CT molecular complexity index is 239. The molecule has 0 aliphatic rings. The van der Waals surface area contributed by atoms with Gasteiger partial charge in [-0.05, 0) is 12.3 Å². The predicted octanol–water partition coefficient (Wildman–Crippen LogP) is 0.333. The summed E-state index contributed by atoms with van der Waals surface area (Å²) in [6.45, 7) is 7.19. The first-order valence-corrected chi connectivity index (χ1v) is 5.93. The van der Waals surface area contributed by atoms with Crippen molar-refractivity contribution >= 4 is 10.0 Å². The van der Waals surface area contributed by atoms with Gasteiger partial charge in [0.15, 0.2) is 0 Å². The van der Waals surface area contributed by atoms with Crippen molar-refractivity contribution in [2.45, 2.75) is 33.8 Å². The molecule has 0 rings (SSSR count). The van der Waals surface area contributed by atoms with Crippen LogP contribution in [-0.4, -0.2) is 31.9 Å². The van der Waals surface area contributed by atoms with Crippen LogP contribution in [0.5, 0.6) is 0 Å². The maximum absolute atomic E-state index is 11.3. The molecule has 0 spiro atoms. The maximum Gasteiger partial charge on any atom is 0.212 e. The molecular formula is C8H19NO3S. The minimum Gasteiger partial charge on any atom is -0.392 e. The monoisotopic (exact) mass is 209 g/mol. The van der Waals surface area contributed by atoms with Crippen LogP contribution in [0.25, 0.3) is 0 Å². The average molecular weight is 209 g/mol. The molecule has 0 aromatic rings. The molecule has 0 heterocycles.